The van der Waals surface area contributed by atoms with E-state index in [0.29, 0.717) is 53.1 Å². The third-order valence-corrected chi connectivity index (χ3v) is 5.30. The zero-order valence-corrected chi connectivity index (χ0v) is 17.9. The van der Waals surface area contributed by atoms with Gasteiger partial charge in [0.1, 0.15) is 0 Å². The number of esters is 1. The van der Waals surface area contributed by atoms with Crippen LogP contribution in [0.1, 0.15) is 11.1 Å². The van der Waals surface area contributed by atoms with Crippen molar-refractivity contribution >= 4 is 12.0 Å². The fraction of sp³-hybridized carbons (Fsp3) is 0.348. The van der Waals surface area contributed by atoms with E-state index >= 15 is 0 Å². The number of cyclic esters (lactones) is 1. The van der Waals surface area contributed by atoms with Gasteiger partial charge in [0.2, 0.25) is 18.3 Å². The second-order valence-corrected chi connectivity index (χ2v) is 7.09. The number of benzene rings is 2. The molecule has 0 saturated carbocycles. The van der Waals surface area contributed by atoms with Gasteiger partial charge in [-0.3, -0.25) is 0 Å². The van der Waals surface area contributed by atoms with Crippen molar-refractivity contribution in [2.45, 2.75) is 6.42 Å². The summed E-state index contributed by atoms with van der Waals surface area (Å²) in [4.78, 5) is 12.5. The lowest BCUT2D eigenvalue weighted by Gasteiger charge is -2.14. The minimum atomic E-state index is -0.341. The SMILES string of the molecule is COc1cc(/C=C2/C(=O)OC[C@H]2Cc2cc(OC)c3c(c2)OCO3)cc(OC)c1OC. The Hall–Kier alpha value is -3.55. The third-order valence-electron chi connectivity index (χ3n) is 5.30. The van der Waals surface area contributed by atoms with Crippen LogP contribution in [0, 0.1) is 5.92 Å². The Kier molecular flexibility index (Phi) is 5.79. The molecule has 8 nitrogen and oxygen atoms in total. The number of carbonyl (C=O) groups excluding carboxylic acids is 1. The summed E-state index contributed by atoms with van der Waals surface area (Å²) in [7, 11) is 6.23. The van der Waals surface area contributed by atoms with E-state index in [1.54, 1.807) is 46.6 Å². The molecule has 0 amide bonds. The molecule has 164 valence electrons. The highest BCUT2D eigenvalue weighted by molar-refractivity contribution is 5.96. The number of rotatable bonds is 7. The van der Waals surface area contributed by atoms with Gasteiger partial charge in [0.15, 0.2) is 23.0 Å². The molecular formula is C23H24O8. The fourth-order valence-corrected chi connectivity index (χ4v) is 3.81. The first-order valence-corrected chi connectivity index (χ1v) is 9.73. The first-order valence-electron chi connectivity index (χ1n) is 9.73. The van der Waals surface area contributed by atoms with E-state index < -0.39 is 0 Å². The lowest BCUT2D eigenvalue weighted by atomic mass is 9.92. The van der Waals surface area contributed by atoms with Crippen molar-refractivity contribution in [3.8, 4) is 34.5 Å². The number of fused-ring (bicyclic) bond motifs is 1. The van der Waals surface area contributed by atoms with Gasteiger partial charge in [-0.1, -0.05) is 0 Å². The Labute approximate surface area is 180 Å². The molecule has 1 fully saturated rings. The maximum absolute atomic E-state index is 12.5. The van der Waals surface area contributed by atoms with Gasteiger partial charge >= 0.3 is 5.97 Å². The molecule has 1 atom stereocenters. The van der Waals surface area contributed by atoms with E-state index in [1.807, 2.05) is 12.1 Å². The maximum atomic E-state index is 12.5. The van der Waals surface area contributed by atoms with Gasteiger partial charge in [-0.15, -0.1) is 0 Å². The molecule has 2 aliphatic rings. The second-order valence-electron chi connectivity index (χ2n) is 7.09. The summed E-state index contributed by atoms with van der Waals surface area (Å²) in [5.74, 6) is 2.88. The second kappa shape index (κ2) is 8.67. The zero-order chi connectivity index (χ0) is 22.0. The summed E-state index contributed by atoms with van der Waals surface area (Å²) in [5.41, 5.74) is 2.28. The van der Waals surface area contributed by atoms with E-state index in [4.69, 9.17) is 33.2 Å². The molecule has 0 radical (unpaired) electrons. The fourth-order valence-electron chi connectivity index (χ4n) is 3.81. The van der Waals surface area contributed by atoms with Crippen molar-refractivity contribution in [3.05, 3.63) is 41.0 Å². The van der Waals surface area contributed by atoms with E-state index in [0.717, 1.165) is 11.1 Å². The molecule has 2 aromatic carbocycles. The predicted octanol–water partition coefficient (Wildman–Crippen LogP) is 3.25. The van der Waals surface area contributed by atoms with Crippen LogP contribution in [0.3, 0.4) is 0 Å². The number of hydrogen-bond acceptors (Lipinski definition) is 8. The molecular weight excluding hydrogens is 404 g/mol. The van der Waals surface area contributed by atoms with Crippen LogP contribution < -0.4 is 28.4 Å². The molecule has 8 heteroatoms. The molecule has 0 bridgehead atoms. The topological polar surface area (TPSA) is 81.7 Å². The molecule has 2 aromatic rings. The largest absolute Gasteiger partial charge is 0.493 e. The van der Waals surface area contributed by atoms with Gasteiger partial charge in [-0.05, 0) is 47.9 Å². The van der Waals surface area contributed by atoms with Gasteiger partial charge in [0.25, 0.3) is 0 Å². The number of methoxy groups -OCH3 is 4. The monoisotopic (exact) mass is 428 g/mol. The lowest BCUT2D eigenvalue weighted by Crippen LogP contribution is -2.08. The summed E-state index contributed by atoms with van der Waals surface area (Å²) < 4.78 is 37.9. The molecule has 0 aliphatic carbocycles. The average molecular weight is 428 g/mol. The quantitative estimate of drug-likeness (QED) is 0.491. The van der Waals surface area contributed by atoms with Gasteiger partial charge in [0.05, 0.1) is 35.0 Å². The van der Waals surface area contributed by atoms with Gasteiger partial charge in [-0.2, -0.15) is 0 Å². The molecule has 0 unspecified atom stereocenters. The lowest BCUT2D eigenvalue weighted by molar-refractivity contribution is -0.135. The Morgan fingerprint density at radius 2 is 1.61 bits per heavy atom. The first kappa shape index (κ1) is 20.7. The minimum Gasteiger partial charge on any atom is -0.493 e. The van der Waals surface area contributed by atoms with Crippen LogP contribution >= 0.6 is 0 Å². The molecule has 0 spiro atoms. The van der Waals surface area contributed by atoms with Crippen LogP contribution in [-0.2, 0) is 16.0 Å². The first-order chi connectivity index (χ1) is 15.1. The maximum Gasteiger partial charge on any atom is 0.334 e. The van der Waals surface area contributed by atoms with Crippen molar-refractivity contribution in [3.63, 3.8) is 0 Å². The highest BCUT2D eigenvalue weighted by Gasteiger charge is 2.32. The smallest absolute Gasteiger partial charge is 0.334 e. The van der Waals surface area contributed by atoms with Gasteiger partial charge in [-0.25, -0.2) is 4.79 Å². The van der Waals surface area contributed by atoms with E-state index in [1.165, 1.54) is 0 Å². The molecule has 1 saturated heterocycles. The summed E-state index contributed by atoms with van der Waals surface area (Å²) >= 11 is 0. The molecule has 0 N–H and O–H groups in total. The highest BCUT2D eigenvalue weighted by atomic mass is 16.7. The van der Waals surface area contributed by atoms with E-state index in [9.17, 15) is 4.79 Å². The predicted molar refractivity (Wildman–Crippen MR) is 111 cm³/mol. The van der Waals surface area contributed by atoms with Crippen LogP contribution in [0.2, 0.25) is 0 Å². The summed E-state index contributed by atoms with van der Waals surface area (Å²) in [6, 6.07) is 7.39. The summed E-state index contributed by atoms with van der Waals surface area (Å²) in [6.07, 6.45) is 2.38. The Morgan fingerprint density at radius 3 is 2.26 bits per heavy atom. The Balaban J connectivity index is 1.66. The standard InChI is InChI=1S/C23H24O8/c1-25-17-8-14(9-18(26-2)21(17)28-4)6-16-15(11-29-23(16)24)5-13-7-19(27-3)22-20(10-13)30-12-31-22/h6-10,15H,5,11-12H2,1-4H3/b16-6+/t15-/m1/s1. The van der Waals surface area contributed by atoms with Crippen molar-refractivity contribution in [1.82, 2.24) is 0 Å². The summed E-state index contributed by atoms with van der Waals surface area (Å²) in [5, 5.41) is 0. The van der Waals surface area contributed by atoms with Crippen LogP contribution in [0.5, 0.6) is 34.5 Å². The number of carbonyl (C=O) groups is 1. The average Bonchev–Trinajstić information content (AvgIpc) is 3.39. The Bertz CT molecular complexity index is 1000. The van der Waals surface area contributed by atoms with Crippen LogP contribution in [0.15, 0.2) is 29.8 Å². The van der Waals surface area contributed by atoms with Crippen molar-refractivity contribution in [2.24, 2.45) is 5.92 Å². The molecule has 0 aromatic heterocycles. The van der Waals surface area contributed by atoms with Crippen molar-refractivity contribution in [1.29, 1.82) is 0 Å². The number of hydrogen-bond donors (Lipinski definition) is 0. The number of ether oxygens (including phenoxy) is 7. The molecule has 31 heavy (non-hydrogen) atoms. The normalized spacial score (nSPS) is 18.1. The van der Waals surface area contributed by atoms with Crippen LogP contribution in [0.25, 0.3) is 6.08 Å². The van der Waals surface area contributed by atoms with Crippen molar-refractivity contribution in [2.75, 3.05) is 41.8 Å². The van der Waals surface area contributed by atoms with E-state index in [-0.39, 0.29) is 18.7 Å². The van der Waals surface area contributed by atoms with Crippen molar-refractivity contribution < 1.29 is 38.0 Å². The highest BCUT2D eigenvalue weighted by Crippen LogP contribution is 2.43. The molecule has 2 aliphatic heterocycles. The van der Waals surface area contributed by atoms with E-state index in [2.05, 4.69) is 0 Å². The van der Waals surface area contributed by atoms with Crippen LogP contribution in [-0.4, -0.2) is 47.8 Å². The molecule has 2 heterocycles. The van der Waals surface area contributed by atoms with Gasteiger partial charge < -0.3 is 33.2 Å². The summed E-state index contributed by atoms with van der Waals surface area (Å²) in [6.45, 7) is 0.457. The van der Waals surface area contributed by atoms with Gasteiger partial charge in [0, 0.05) is 11.5 Å². The zero-order valence-electron chi connectivity index (χ0n) is 17.9. The third kappa shape index (κ3) is 3.93. The minimum absolute atomic E-state index is 0.128. The Morgan fingerprint density at radius 1 is 0.903 bits per heavy atom. The van der Waals surface area contributed by atoms with Crippen LogP contribution in [0.4, 0.5) is 0 Å². The molecule has 4 rings (SSSR count).